The number of hydrogen-bond acceptors (Lipinski definition) is 4. The molecule has 0 aromatic rings. The van der Waals surface area contributed by atoms with Gasteiger partial charge in [0.15, 0.2) is 11.4 Å². The molecule has 0 aromatic heterocycles. The highest BCUT2D eigenvalue weighted by Crippen LogP contribution is 2.43. The third-order valence-electron chi connectivity index (χ3n) is 2.35. The van der Waals surface area contributed by atoms with Crippen LogP contribution >= 0.6 is 7.60 Å². The molecule has 1 atom stereocenters. The summed E-state index contributed by atoms with van der Waals surface area (Å²) in [5, 5.41) is 8.35. The summed E-state index contributed by atoms with van der Waals surface area (Å²) < 4.78 is 11.0. The summed E-state index contributed by atoms with van der Waals surface area (Å²) in [6.07, 6.45) is 0.759. The summed E-state index contributed by atoms with van der Waals surface area (Å²) in [5.41, 5.74) is -1.02. The van der Waals surface area contributed by atoms with Crippen molar-refractivity contribution in [2.45, 2.75) is 32.3 Å². The van der Waals surface area contributed by atoms with E-state index in [9.17, 15) is 14.2 Å². The summed E-state index contributed by atoms with van der Waals surface area (Å²) in [5.74, 6) is -2.81. The van der Waals surface area contributed by atoms with Crippen LogP contribution < -0.4 is 5.48 Å². The van der Waals surface area contributed by atoms with Crippen LogP contribution in [0.3, 0.4) is 0 Å². The molecule has 7 nitrogen and oxygen atoms in total. The van der Waals surface area contributed by atoms with Crippen LogP contribution in [-0.2, 0) is 14.2 Å². The number of ketones is 1. The largest absolute Gasteiger partial charge is 0.345 e. The fourth-order valence-corrected chi connectivity index (χ4v) is 2.33. The van der Waals surface area contributed by atoms with Crippen LogP contribution in [0.15, 0.2) is 0 Å². The van der Waals surface area contributed by atoms with E-state index < -0.39 is 30.9 Å². The maximum absolute atomic E-state index is 11.7. The molecule has 8 heteroatoms. The second-order valence-corrected chi connectivity index (χ2v) is 5.08. The Hall–Kier alpha value is -0.750. The lowest BCUT2D eigenvalue weighted by atomic mass is 9.95. The maximum Gasteiger partial charge on any atom is 0.345 e. The molecule has 0 radical (unpaired) electrons. The smallest absolute Gasteiger partial charge is 0.324 e. The molecule has 0 saturated heterocycles. The van der Waals surface area contributed by atoms with E-state index in [1.54, 1.807) is 13.8 Å². The van der Waals surface area contributed by atoms with Gasteiger partial charge in [0.1, 0.15) is 0 Å². The molecule has 0 heterocycles. The van der Waals surface area contributed by atoms with Crippen molar-refractivity contribution >= 4 is 19.3 Å². The molecule has 0 bridgehead atoms. The molecule has 0 spiro atoms. The Balaban J connectivity index is 5.13. The number of hydroxylamine groups is 1. The average molecular weight is 253 g/mol. The van der Waals surface area contributed by atoms with Crippen LogP contribution in [-0.4, -0.2) is 32.3 Å². The van der Waals surface area contributed by atoms with Gasteiger partial charge in [0, 0.05) is 5.92 Å². The normalized spacial score (nSPS) is 13.6. The van der Waals surface area contributed by atoms with Crippen molar-refractivity contribution in [1.29, 1.82) is 0 Å². The molecule has 0 aliphatic heterocycles. The summed E-state index contributed by atoms with van der Waals surface area (Å²) in [6, 6.07) is 0. The van der Waals surface area contributed by atoms with E-state index in [2.05, 4.69) is 0 Å². The van der Waals surface area contributed by atoms with Crippen molar-refractivity contribution in [1.82, 2.24) is 5.48 Å². The Morgan fingerprint density at radius 1 is 1.25 bits per heavy atom. The monoisotopic (exact) mass is 253 g/mol. The minimum absolute atomic E-state index is 0.380. The average Bonchev–Trinajstić information content (AvgIpc) is 2.17. The number of hydrogen-bond donors (Lipinski definition) is 4. The summed E-state index contributed by atoms with van der Waals surface area (Å²) >= 11 is 0. The van der Waals surface area contributed by atoms with Gasteiger partial charge >= 0.3 is 7.60 Å². The second kappa shape index (κ2) is 6.10. The van der Waals surface area contributed by atoms with Gasteiger partial charge in [0.05, 0.1) is 0 Å². The van der Waals surface area contributed by atoms with Crippen molar-refractivity contribution in [3.8, 4) is 0 Å². The number of nitrogens with one attached hydrogen (secondary N) is 1. The van der Waals surface area contributed by atoms with Crippen LogP contribution in [0.2, 0.25) is 0 Å². The van der Waals surface area contributed by atoms with Gasteiger partial charge in [-0.3, -0.25) is 19.4 Å². The van der Waals surface area contributed by atoms with E-state index in [4.69, 9.17) is 15.0 Å². The third kappa shape index (κ3) is 3.68. The summed E-state index contributed by atoms with van der Waals surface area (Å²) in [6.45, 7) is 3.36. The van der Waals surface area contributed by atoms with E-state index in [1.807, 2.05) is 0 Å². The molecule has 16 heavy (non-hydrogen) atoms. The van der Waals surface area contributed by atoms with Gasteiger partial charge < -0.3 is 9.79 Å². The molecule has 0 fully saturated rings. The van der Waals surface area contributed by atoms with Gasteiger partial charge in [0.2, 0.25) is 0 Å². The predicted molar refractivity (Wildman–Crippen MR) is 54.8 cm³/mol. The predicted octanol–water partition coefficient (Wildman–Crippen LogP) is 0.0434. The number of rotatable bonds is 6. The fourth-order valence-electron chi connectivity index (χ4n) is 1.42. The minimum Gasteiger partial charge on any atom is -0.324 e. The van der Waals surface area contributed by atoms with Crippen molar-refractivity contribution in [3.05, 3.63) is 0 Å². The highest BCUT2D eigenvalue weighted by molar-refractivity contribution is 7.55. The van der Waals surface area contributed by atoms with Crippen LogP contribution in [0.25, 0.3) is 0 Å². The molecular weight excluding hydrogens is 237 g/mol. The summed E-state index contributed by atoms with van der Waals surface area (Å²) in [7, 11) is -4.91. The van der Waals surface area contributed by atoms with Crippen molar-refractivity contribution in [2.24, 2.45) is 5.92 Å². The highest BCUT2D eigenvalue weighted by Gasteiger charge is 2.43. The van der Waals surface area contributed by atoms with Crippen LogP contribution in [0.5, 0.6) is 0 Å². The van der Waals surface area contributed by atoms with Gasteiger partial charge in [-0.2, -0.15) is 0 Å². The van der Waals surface area contributed by atoms with Crippen molar-refractivity contribution in [3.63, 3.8) is 0 Å². The van der Waals surface area contributed by atoms with Crippen molar-refractivity contribution in [2.75, 3.05) is 0 Å². The number of carbonyl (C=O) groups is 2. The number of carbonyl (C=O) groups excluding carboxylic acids is 2. The van der Waals surface area contributed by atoms with Crippen LogP contribution in [0.4, 0.5) is 0 Å². The lowest BCUT2D eigenvalue weighted by Crippen LogP contribution is -2.41. The van der Waals surface area contributed by atoms with E-state index in [0.717, 1.165) is 5.48 Å². The number of Topliss-reactive ketones (excluding diaryl/α,β-unsaturated/α-hetero) is 1. The molecule has 94 valence electrons. The van der Waals surface area contributed by atoms with E-state index >= 15 is 0 Å². The van der Waals surface area contributed by atoms with Gasteiger partial charge in [-0.05, 0) is 12.8 Å². The highest BCUT2D eigenvalue weighted by atomic mass is 31.2. The Labute approximate surface area is 93.0 Å². The first-order chi connectivity index (χ1) is 7.29. The summed E-state index contributed by atoms with van der Waals surface area (Å²) in [4.78, 5) is 40.6. The molecule has 0 aromatic carbocycles. The zero-order valence-corrected chi connectivity index (χ0v) is 9.98. The van der Waals surface area contributed by atoms with Crippen LogP contribution in [0.1, 0.15) is 26.7 Å². The molecule has 0 saturated carbocycles. The molecule has 0 aliphatic carbocycles. The fraction of sp³-hybridized carbons (Fsp3) is 0.750. The first-order valence-corrected chi connectivity index (χ1v) is 6.50. The molecule has 0 rings (SSSR count). The van der Waals surface area contributed by atoms with Gasteiger partial charge in [-0.1, -0.05) is 13.8 Å². The first kappa shape index (κ1) is 15.2. The quantitative estimate of drug-likeness (QED) is 0.229. The van der Waals surface area contributed by atoms with Gasteiger partial charge in [0.25, 0.3) is 5.91 Å². The first-order valence-electron chi connectivity index (χ1n) is 4.82. The molecule has 4 N–H and O–H groups in total. The zero-order chi connectivity index (χ0) is 12.9. The standard InChI is InChI=1S/C8H16NO6P/c1-3-5(4-2)6(10)7(8(11)9-12)16(13,14)15/h5,7,12H,3-4H2,1-2H3,(H,9,11)(H2,13,14,15). The zero-order valence-electron chi connectivity index (χ0n) is 9.08. The molecule has 1 amide bonds. The lowest BCUT2D eigenvalue weighted by Gasteiger charge is -2.19. The second-order valence-electron chi connectivity index (χ2n) is 3.38. The van der Waals surface area contributed by atoms with E-state index in [0.29, 0.717) is 12.8 Å². The Bertz CT molecular complexity index is 308. The van der Waals surface area contributed by atoms with Crippen molar-refractivity contribution < 1.29 is 29.1 Å². The Kier molecular flexibility index (Phi) is 5.81. The van der Waals surface area contributed by atoms with Gasteiger partial charge in [-0.25, -0.2) is 5.48 Å². The Morgan fingerprint density at radius 2 is 1.69 bits per heavy atom. The van der Waals surface area contributed by atoms with Crippen LogP contribution in [0, 0.1) is 5.92 Å². The maximum atomic E-state index is 11.7. The SMILES string of the molecule is CCC(CC)C(=O)C(C(=O)NO)P(=O)(O)O. The minimum atomic E-state index is -4.91. The van der Waals surface area contributed by atoms with Gasteiger partial charge in [-0.15, -0.1) is 0 Å². The molecule has 0 aliphatic rings. The lowest BCUT2D eigenvalue weighted by molar-refractivity contribution is -0.135. The third-order valence-corrected chi connectivity index (χ3v) is 3.51. The molecule has 1 unspecified atom stereocenters. The molecular formula is C8H16NO6P. The number of amides is 1. The Morgan fingerprint density at radius 3 is 1.94 bits per heavy atom. The van der Waals surface area contributed by atoms with E-state index in [-0.39, 0.29) is 0 Å². The topological polar surface area (TPSA) is 124 Å². The van der Waals surface area contributed by atoms with E-state index in [1.165, 1.54) is 0 Å².